The minimum absolute atomic E-state index is 0.0984. The average Bonchev–Trinajstić information content (AvgIpc) is 3.19. The number of hydrogen-bond donors (Lipinski definition) is 1. The first kappa shape index (κ1) is 23.9. The number of rotatable bonds is 8. The summed E-state index contributed by atoms with van der Waals surface area (Å²) in [4.78, 5) is 23.9. The highest BCUT2D eigenvalue weighted by Gasteiger charge is 2.32. The van der Waals surface area contributed by atoms with E-state index in [9.17, 15) is 18.0 Å². The third-order valence-electron chi connectivity index (χ3n) is 4.56. The SMILES string of the molecule is COC(=O)CSc1nnc(NC(=O)[C@@H]2CCCN(S(=O)(=O)Cc3cccc(Cl)c3)C2)s1. The molecular formula is C18H21ClN4O5S3. The van der Waals surface area contributed by atoms with E-state index in [0.29, 0.717) is 39.4 Å². The van der Waals surface area contributed by atoms with E-state index in [-0.39, 0.29) is 29.9 Å². The molecule has 1 aromatic carbocycles. The van der Waals surface area contributed by atoms with Crippen LogP contribution < -0.4 is 5.32 Å². The maximum Gasteiger partial charge on any atom is 0.316 e. The third-order valence-corrected chi connectivity index (χ3v) is 8.56. The molecule has 1 N–H and O–H groups in total. The van der Waals surface area contributed by atoms with Gasteiger partial charge in [-0.3, -0.25) is 9.59 Å². The van der Waals surface area contributed by atoms with Gasteiger partial charge in [0.1, 0.15) is 0 Å². The van der Waals surface area contributed by atoms with Crippen LogP contribution in [0.4, 0.5) is 5.13 Å². The Labute approximate surface area is 193 Å². The molecule has 168 valence electrons. The Balaban J connectivity index is 1.58. The van der Waals surface area contributed by atoms with Crippen LogP contribution in [0.2, 0.25) is 5.02 Å². The summed E-state index contributed by atoms with van der Waals surface area (Å²) in [5.74, 6) is -1.24. The van der Waals surface area contributed by atoms with Crippen molar-refractivity contribution in [2.24, 2.45) is 5.92 Å². The van der Waals surface area contributed by atoms with E-state index < -0.39 is 15.9 Å². The van der Waals surface area contributed by atoms with Crippen LogP contribution in [0.1, 0.15) is 18.4 Å². The first-order valence-corrected chi connectivity index (χ1v) is 13.1. The van der Waals surface area contributed by atoms with Crippen molar-refractivity contribution in [3.8, 4) is 0 Å². The molecule has 1 aliphatic rings. The minimum atomic E-state index is -3.58. The normalized spacial score (nSPS) is 17.3. The van der Waals surface area contributed by atoms with Gasteiger partial charge >= 0.3 is 5.97 Å². The van der Waals surface area contributed by atoms with Gasteiger partial charge in [0.25, 0.3) is 0 Å². The number of ether oxygens (including phenoxy) is 1. The maximum atomic E-state index is 12.8. The molecule has 0 aliphatic carbocycles. The van der Waals surface area contributed by atoms with Crippen LogP contribution in [-0.2, 0) is 30.1 Å². The number of benzene rings is 1. The lowest BCUT2D eigenvalue weighted by Crippen LogP contribution is -2.44. The van der Waals surface area contributed by atoms with E-state index in [1.807, 2.05) is 0 Å². The van der Waals surface area contributed by atoms with E-state index >= 15 is 0 Å². The highest BCUT2D eigenvalue weighted by molar-refractivity contribution is 8.01. The van der Waals surface area contributed by atoms with E-state index in [1.54, 1.807) is 24.3 Å². The highest BCUT2D eigenvalue weighted by atomic mass is 35.5. The minimum Gasteiger partial charge on any atom is -0.468 e. The number of halogens is 1. The molecule has 1 atom stereocenters. The number of piperidine rings is 1. The lowest BCUT2D eigenvalue weighted by Gasteiger charge is -2.31. The largest absolute Gasteiger partial charge is 0.468 e. The fraction of sp³-hybridized carbons (Fsp3) is 0.444. The van der Waals surface area contributed by atoms with Gasteiger partial charge in [-0.05, 0) is 30.5 Å². The number of amides is 1. The first-order chi connectivity index (χ1) is 14.8. The van der Waals surface area contributed by atoms with Gasteiger partial charge in [0.2, 0.25) is 21.1 Å². The fourth-order valence-corrected chi connectivity index (χ4v) is 6.44. The zero-order valence-corrected chi connectivity index (χ0v) is 19.8. The second kappa shape index (κ2) is 10.7. The molecular weight excluding hydrogens is 484 g/mol. The molecule has 0 spiro atoms. The van der Waals surface area contributed by atoms with Gasteiger partial charge in [-0.2, -0.15) is 0 Å². The fourth-order valence-electron chi connectivity index (χ4n) is 3.04. The Hall–Kier alpha value is -1.73. The molecule has 3 rings (SSSR count). The molecule has 0 bridgehead atoms. The predicted octanol–water partition coefficient (Wildman–Crippen LogP) is 2.64. The van der Waals surface area contributed by atoms with Gasteiger partial charge in [0.05, 0.1) is 24.5 Å². The first-order valence-electron chi connectivity index (χ1n) is 9.33. The Morgan fingerprint density at radius 3 is 2.94 bits per heavy atom. The number of nitrogens with zero attached hydrogens (tertiary/aromatic N) is 3. The molecule has 0 radical (unpaired) electrons. The van der Waals surface area contributed by atoms with Crippen molar-refractivity contribution in [1.82, 2.24) is 14.5 Å². The Bertz CT molecular complexity index is 1050. The van der Waals surface area contributed by atoms with Crippen molar-refractivity contribution in [3.05, 3.63) is 34.9 Å². The van der Waals surface area contributed by atoms with Gasteiger partial charge in [-0.15, -0.1) is 10.2 Å². The summed E-state index contributed by atoms with van der Waals surface area (Å²) in [6.07, 6.45) is 1.17. The molecule has 31 heavy (non-hydrogen) atoms. The van der Waals surface area contributed by atoms with Crippen molar-refractivity contribution in [2.75, 3.05) is 31.3 Å². The number of carbonyl (C=O) groups excluding carboxylic acids is 2. The summed E-state index contributed by atoms with van der Waals surface area (Å²) < 4.78 is 32.1. The zero-order valence-electron chi connectivity index (χ0n) is 16.6. The maximum absolute atomic E-state index is 12.8. The number of hydrogen-bond acceptors (Lipinski definition) is 9. The molecule has 1 aromatic heterocycles. The zero-order chi connectivity index (χ0) is 22.4. The average molecular weight is 505 g/mol. The van der Waals surface area contributed by atoms with Gasteiger partial charge in [-0.1, -0.05) is 46.8 Å². The number of thioether (sulfide) groups is 1. The second-order valence-electron chi connectivity index (χ2n) is 6.81. The molecule has 1 amide bonds. The molecule has 13 heteroatoms. The van der Waals surface area contributed by atoms with Gasteiger partial charge < -0.3 is 10.1 Å². The second-order valence-corrected chi connectivity index (χ2v) is 11.4. The molecule has 2 heterocycles. The van der Waals surface area contributed by atoms with Crippen molar-refractivity contribution >= 4 is 61.7 Å². The smallest absolute Gasteiger partial charge is 0.316 e. The Morgan fingerprint density at radius 2 is 2.19 bits per heavy atom. The molecule has 2 aromatic rings. The monoisotopic (exact) mass is 504 g/mol. The number of methoxy groups -OCH3 is 1. The van der Waals surface area contributed by atoms with Crippen molar-refractivity contribution in [2.45, 2.75) is 22.9 Å². The summed E-state index contributed by atoms with van der Waals surface area (Å²) in [5, 5.41) is 11.3. The Kier molecular flexibility index (Phi) is 8.28. The summed E-state index contributed by atoms with van der Waals surface area (Å²) in [5.41, 5.74) is 0.602. The van der Waals surface area contributed by atoms with E-state index in [4.69, 9.17) is 11.6 Å². The van der Waals surface area contributed by atoms with Crippen LogP contribution in [0.25, 0.3) is 0 Å². The third kappa shape index (κ3) is 6.88. The van der Waals surface area contributed by atoms with Crippen LogP contribution >= 0.6 is 34.7 Å². The van der Waals surface area contributed by atoms with Crippen LogP contribution in [0.15, 0.2) is 28.6 Å². The predicted molar refractivity (Wildman–Crippen MR) is 120 cm³/mol. The van der Waals surface area contributed by atoms with Gasteiger partial charge in [0, 0.05) is 18.1 Å². The number of esters is 1. The van der Waals surface area contributed by atoms with E-state index in [0.717, 1.165) is 23.1 Å². The molecule has 0 saturated carbocycles. The van der Waals surface area contributed by atoms with Crippen LogP contribution in [-0.4, -0.2) is 60.7 Å². The van der Waals surface area contributed by atoms with Crippen LogP contribution in [0.5, 0.6) is 0 Å². The number of sulfonamides is 1. The number of nitrogens with one attached hydrogen (secondary N) is 1. The van der Waals surface area contributed by atoms with Crippen molar-refractivity contribution < 1.29 is 22.7 Å². The molecule has 1 saturated heterocycles. The van der Waals surface area contributed by atoms with E-state index in [2.05, 4.69) is 20.3 Å². The number of anilines is 1. The summed E-state index contributed by atoms with van der Waals surface area (Å²) in [6, 6.07) is 6.73. The van der Waals surface area contributed by atoms with Crippen LogP contribution in [0.3, 0.4) is 0 Å². The van der Waals surface area contributed by atoms with Gasteiger partial charge in [-0.25, -0.2) is 12.7 Å². The van der Waals surface area contributed by atoms with Gasteiger partial charge in [0.15, 0.2) is 4.34 Å². The quantitative estimate of drug-likeness (QED) is 0.331. The standard InChI is InChI=1S/C18H21ClN4O5S3/c1-28-15(24)10-29-18-22-21-17(30-18)20-16(25)13-5-3-7-23(9-13)31(26,27)11-12-4-2-6-14(19)8-12/h2,4,6,8,13H,3,5,7,9-11H2,1H3,(H,20,21,25)/t13-/m1/s1. The van der Waals surface area contributed by atoms with E-state index in [1.165, 1.54) is 11.4 Å². The number of aromatic nitrogens is 2. The lowest BCUT2D eigenvalue weighted by atomic mass is 9.99. The van der Waals surface area contributed by atoms with Crippen molar-refractivity contribution in [1.29, 1.82) is 0 Å². The summed E-state index contributed by atoms with van der Waals surface area (Å²) >= 11 is 8.26. The Morgan fingerprint density at radius 1 is 1.39 bits per heavy atom. The molecule has 1 aliphatic heterocycles. The highest BCUT2D eigenvalue weighted by Crippen LogP contribution is 2.27. The lowest BCUT2D eigenvalue weighted by molar-refractivity contribution is -0.137. The topological polar surface area (TPSA) is 119 Å². The molecule has 9 nitrogen and oxygen atoms in total. The molecule has 0 unspecified atom stereocenters. The van der Waals surface area contributed by atoms with Crippen molar-refractivity contribution in [3.63, 3.8) is 0 Å². The number of carbonyl (C=O) groups is 2. The van der Waals surface area contributed by atoms with Crippen LogP contribution in [0, 0.1) is 5.92 Å². The summed E-state index contributed by atoms with van der Waals surface area (Å²) in [7, 11) is -2.28. The summed E-state index contributed by atoms with van der Waals surface area (Å²) in [6.45, 7) is 0.483. The molecule has 1 fully saturated rings.